The molecule has 3 aromatic rings. The Balaban J connectivity index is 1.59. The Morgan fingerprint density at radius 1 is 1.29 bits per heavy atom. The second-order valence-corrected chi connectivity index (χ2v) is 7.92. The molecule has 0 saturated heterocycles. The van der Waals surface area contributed by atoms with E-state index in [2.05, 4.69) is 21.6 Å². The quantitative estimate of drug-likeness (QED) is 0.466. The summed E-state index contributed by atoms with van der Waals surface area (Å²) in [5.74, 6) is 0.308. The molecule has 1 aliphatic rings. The fourth-order valence-electron chi connectivity index (χ4n) is 3.73. The Morgan fingerprint density at radius 3 is 2.85 bits per heavy atom. The first-order valence-corrected chi connectivity index (χ1v) is 10.9. The minimum Gasteiger partial charge on any atom is -0.490 e. The van der Waals surface area contributed by atoms with Crippen molar-refractivity contribution in [1.82, 2.24) is 10.2 Å². The number of hydrogen-bond acceptors (Lipinski definition) is 7. The number of nitrogens with zero attached hydrogens (tertiary/aromatic N) is 2. The number of H-pyrrole nitrogens is 1. The zero-order valence-corrected chi connectivity index (χ0v) is 19.3. The van der Waals surface area contributed by atoms with Crippen LogP contribution in [0.25, 0.3) is 0 Å². The summed E-state index contributed by atoms with van der Waals surface area (Å²) < 4.78 is 17.0. The molecular weight excluding hydrogens is 458 g/mol. The number of aryl methyl sites for hydroxylation is 1. The molecule has 4 N–H and O–H groups in total. The lowest BCUT2D eigenvalue weighted by Crippen LogP contribution is -2.21. The van der Waals surface area contributed by atoms with E-state index in [4.69, 9.17) is 31.5 Å². The van der Waals surface area contributed by atoms with Crippen LogP contribution in [0.15, 0.2) is 53.9 Å². The molecule has 1 unspecified atom stereocenters. The molecule has 4 rings (SSSR count). The summed E-state index contributed by atoms with van der Waals surface area (Å²) in [6, 6.07) is 14.2. The van der Waals surface area contributed by atoms with Gasteiger partial charge in [0.2, 0.25) is 11.8 Å². The Hall–Kier alpha value is -4.16. The van der Waals surface area contributed by atoms with Crippen LogP contribution in [0, 0.1) is 18.3 Å². The third-order valence-electron chi connectivity index (χ3n) is 5.20. The molecule has 1 aromatic heterocycles. The van der Waals surface area contributed by atoms with Crippen molar-refractivity contribution >= 4 is 23.2 Å². The summed E-state index contributed by atoms with van der Waals surface area (Å²) in [5, 5.41) is 20.0. The normalized spacial score (nSPS) is 14.6. The maximum Gasteiger partial charge on any atom is 0.262 e. The minimum atomic E-state index is -0.494. The number of carbonyl (C=O) groups excluding carboxylic acids is 1. The highest BCUT2D eigenvalue weighted by Gasteiger charge is 2.34. The lowest BCUT2D eigenvalue weighted by Gasteiger charge is -2.24. The second-order valence-electron chi connectivity index (χ2n) is 7.48. The number of aromatic nitrogens is 2. The molecule has 1 atom stereocenters. The molecule has 2 aromatic carbocycles. The highest BCUT2D eigenvalue weighted by atomic mass is 35.5. The smallest absolute Gasteiger partial charge is 0.262 e. The molecule has 9 nitrogen and oxygen atoms in total. The average molecular weight is 480 g/mol. The number of ether oxygens (including phenoxy) is 3. The molecule has 10 heteroatoms. The third kappa shape index (κ3) is 4.63. The number of benzene rings is 2. The number of nitrogens with one attached hydrogen (secondary N) is 2. The van der Waals surface area contributed by atoms with Crippen LogP contribution in [0.5, 0.6) is 17.4 Å². The van der Waals surface area contributed by atoms with Crippen molar-refractivity contribution in [3.63, 3.8) is 0 Å². The van der Waals surface area contributed by atoms with E-state index in [-0.39, 0.29) is 24.0 Å². The Kier molecular flexibility index (Phi) is 6.61. The molecule has 1 aliphatic heterocycles. The van der Waals surface area contributed by atoms with Crippen molar-refractivity contribution in [3.05, 3.63) is 75.8 Å². The number of hydrogen-bond donors (Lipinski definition) is 3. The van der Waals surface area contributed by atoms with Crippen molar-refractivity contribution in [2.24, 2.45) is 5.73 Å². The van der Waals surface area contributed by atoms with E-state index in [1.807, 2.05) is 13.8 Å². The van der Waals surface area contributed by atoms with Crippen LogP contribution in [0.1, 0.15) is 29.7 Å². The highest BCUT2D eigenvalue weighted by molar-refractivity contribution is 6.30. The minimum absolute atomic E-state index is 0.00229. The molecule has 34 heavy (non-hydrogen) atoms. The molecule has 0 radical (unpaired) electrons. The van der Waals surface area contributed by atoms with Gasteiger partial charge in [0.25, 0.3) is 5.91 Å². The van der Waals surface area contributed by atoms with Crippen molar-refractivity contribution in [1.29, 1.82) is 5.26 Å². The van der Waals surface area contributed by atoms with Crippen molar-refractivity contribution in [3.8, 4) is 23.4 Å². The van der Waals surface area contributed by atoms with Gasteiger partial charge in [-0.2, -0.15) is 5.26 Å². The lowest BCUT2D eigenvalue weighted by atomic mass is 9.84. The standard InChI is InChI=1S/C24H22ClN5O4/c1-3-32-19-9-14(22-17(11-26)23(27)34-24-21(22)13(2)29-30-24)7-8-18(19)33-12-20(31)28-16-6-4-5-15(25)10-16/h4-10,22H,3,12,27H2,1-2H3,(H,28,31)(H,29,30). The highest BCUT2D eigenvalue weighted by Crippen LogP contribution is 2.44. The monoisotopic (exact) mass is 479 g/mol. The van der Waals surface area contributed by atoms with E-state index in [1.165, 1.54) is 0 Å². The van der Waals surface area contributed by atoms with Crippen LogP contribution in [0.3, 0.4) is 0 Å². The zero-order valence-electron chi connectivity index (χ0n) is 18.5. The van der Waals surface area contributed by atoms with E-state index in [1.54, 1.807) is 42.5 Å². The van der Waals surface area contributed by atoms with Gasteiger partial charge >= 0.3 is 0 Å². The predicted molar refractivity (Wildman–Crippen MR) is 126 cm³/mol. The molecule has 0 aliphatic carbocycles. The summed E-state index contributed by atoms with van der Waals surface area (Å²) in [5.41, 5.74) is 9.06. The summed E-state index contributed by atoms with van der Waals surface area (Å²) in [6.45, 7) is 3.83. The number of amides is 1. The van der Waals surface area contributed by atoms with Crippen molar-refractivity contribution < 1.29 is 19.0 Å². The van der Waals surface area contributed by atoms with E-state index in [0.29, 0.717) is 34.7 Å². The van der Waals surface area contributed by atoms with Crippen molar-refractivity contribution in [2.75, 3.05) is 18.5 Å². The fraction of sp³-hybridized carbons (Fsp3) is 0.208. The molecule has 0 spiro atoms. The van der Waals surface area contributed by atoms with Gasteiger partial charge in [0.15, 0.2) is 18.1 Å². The summed E-state index contributed by atoms with van der Waals surface area (Å²) in [6.07, 6.45) is 0. The molecular formula is C24H22ClN5O4. The Bertz CT molecular complexity index is 1310. The lowest BCUT2D eigenvalue weighted by molar-refractivity contribution is -0.118. The van der Waals surface area contributed by atoms with Crippen molar-refractivity contribution in [2.45, 2.75) is 19.8 Å². The molecule has 2 heterocycles. The fourth-order valence-corrected chi connectivity index (χ4v) is 3.92. The summed E-state index contributed by atoms with van der Waals surface area (Å²) >= 11 is 5.96. The molecule has 0 bridgehead atoms. The van der Waals surface area contributed by atoms with Gasteiger partial charge in [-0.3, -0.25) is 9.89 Å². The van der Waals surface area contributed by atoms with E-state index < -0.39 is 5.92 Å². The number of rotatable bonds is 7. The second kappa shape index (κ2) is 9.77. The maximum absolute atomic E-state index is 12.3. The molecule has 0 saturated carbocycles. The van der Waals surface area contributed by atoms with Crippen LogP contribution < -0.4 is 25.3 Å². The van der Waals surface area contributed by atoms with Crippen LogP contribution in [0.4, 0.5) is 5.69 Å². The molecule has 1 amide bonds. The van der Waals surface area contributed by atoms with Gasteiger partial charge in [-0.1, -0.05) is 23.7 Å². The van der Waals surface area contributed by atoms with Crippen LogP contribution in [0.2, 0.25) is 5.02 Å². The average Bonchev–Trinajstić information content (AvgIpc) is 3.17. The third-order valence-corrected chi connectivity index (χ3v) is 5.43. The Labute approximate surface area is 201 Å². The first-order chi connectivity index (χ1) is 16.4. The first-order valence-electron chi connectivity index (χ1n) is 10.5. The Morgan fingerprint density at radius 2 is 2.12 bits per heavy atom. The van der Waals surface area contributed by atoms with Crippen LogP contribution in [-0.4, -0.2) is 29.3 Å². The molecule has 174 valence electrons. The number of allylic oxidation sites excluding steroid dienone is 1. The number of nitrogens with two attached hydrogens (primary N) is 1. The first kappa shape index (κ1) is 23.0. The van der Waals surface area contributed by atoms with E-state index in [9.17, 15) is 10.1 Å². The van der Waals surface area contributed by atoms with E-state index in [0.717, 1.165) is 16.8 Å². The zero-order chi connectivity index (χ0) is 24.2. The van der Waals surface area contributed by atoms with Crippen LogP contribution in [-0.2, 0) is 4.79 Å². The number of aromatic amines is 1. The number of carbonyl (C=O) groups is 1. The number of nitriles is 1. The number of anilines is 1. The van der Waals surface area contributed by atoms with Gasteiger partial charge in [-0.05, 0) is 49.7 Å². The van der Waals surface area contributed by atoms with Gasteiger partial charge in [0.1, 0.15) is 11.6 Å². The van der Waals surface area contributed by atoms with Gasteiger partial charge in [0, 0.05) is 22.0 Å². The maximum atomic E-state index is 12.3. The van der Waals surface area contributed by atoms with E-state index >= 15 is 0 Å². The topological polar surface area (TPSA) is 135 Å². The van der Waals surface area contributed by atoms with Crippen LogP contribution >= 0.6 is 11.6 Å². The summed E-state index contributed by atoms with van der Waals surface area (Å²) in [7, 11) is 0. The van der Waals surface area contributed by atoms with Gasteiger partial charge in [0.05, 0.1) is 12.5 Å². The largest absolute Gasteiger partial charge is 0.490 e. The summed E-state index contributed by atoms with van der Waals surface area (Å²) in [4.78, 5) is 12.3. The number of fused-ring (bicyclic) bond motifs is 1. The SMILES string of the molecule is CCOc1cc(C2C(C#N)=C(N)Oc3n[nH]c(C)c32)ccc1OCC(=O)Nc1cccc(Cl)c1. The number of halogens is 1. The van der Waals surface area contributed by atoms with Gasteiger partial charge in [-0.25, -0.2) is 0 Å². The van der Waals surface area contributed by atoms with Gasteiger partial charge < -0.3 is 25.3 Å². The predicted octanol–water partition coefficient (Wildman–Crippen LogP) is 4.01. The molecule has 0 fully saturated rings. The van der Waals surface area contributed by atoms with Gasteiger partial charge in [-0.15, -0.1) is 5.10 Å².